The van der Waals surface area contributed by atoms with Crippen molar-refractivity contribution >= 4 is 5.91 Å². The molecule has 0 unspecified atom stereocenters. The number of benzene rings is 2. The topological polar surface area (TPSA) is 82.5 Å². The molecule has 1 amide bonds. The zero-order chi connectivity index (χ0) is 21.5. The number of nitrogens with zero attached hydrogens (tertiary/aromatic N) is 2. The fraction of sp³-hybridized carbons (Fsp3) is 0.261. The third kappa shape index (κ3) is 5.47. The number of ether oxygens (including phenoxy) is 2. The molecule has 0 aliphatic heterocycles. The molecule has 0 bridgehead atoms. The minimum Gasteiger partial charge on any atom is -0.494 e. The number of carbonyl (C=O) groups is 1. The lowest BCUT2D eigenvalue weighted by molar-refractivity contribution is -0.123. The predicted molar refractivity (Wildman–Crippen MR) is 114 cm³/mol. The maximum Gasteiger partial charge on any atom is 0.271 e. The van der Waals surface area contributed by atoms with Crippen molar-refractivity contribution in [3.05, 3.63) is 81.6 Å². The Hall–Kier alpha value is -3.61. The molecule has 1 heterocycles. The number of amides is 1. The smallest absolute Gasteiger partial charge is 0.271 e. The van der Waals surface area contributed by atoms with Gasteiger partial charge in [0.15, 0.2) is 6.61 Å². The van der Waals surface area contributed by atoms with Crippen LogP contribution in [-0.2, 0) is 11.3 Å². The number of rotatable bonds is 8. The lowest BCUT2D eigenvalue weighted by Gasteiger charge is -2.10. The van der Waals surface area contributed by atoms with E-state index < -0.39 is 0 Å². The fourth-order valence-electron chi connectivity index (χ4n) is 2.78. The highest BCUT2D eigenvalue weighted by molar-refractivity contribution is 5.77. The largest absolute Gasteiger partial charge is 0.494 e. The summed E-state index contributed by atoms with van der Waals surface area (Å²) in [5.74, 6) is 0.708. The van der Waals surface area contributed by atoms with Crippen LogP contribution in [0.4, 0.5) is 0 Å². The van der Waals surface area contributed by atoms with Gasteiger partial charge in [0.25, 0.3) is 11.5 Å². The number of hydrogen-bond donors (Lipinski definition) is 1. The van der Waals surface area contributed by atoms with Gasteiger partial charge in [0.2, 0.25) is 5.88 Å². The molecule has 7 nitrogen and oxygen atoms in total. The summed E-state index contributed by atoms with van der Waals surface area (Å²) in [6, 6.07) is 16.0. The molecule has 0 aliphatic rings. The number of hydrogen-bond acceptors (Lipinski definition) is 5. The summed E-state index contributed by atoms with van der Waals surface area (Å²) in [5.41, 5.74) is 3.51. The molecule has 0 fully saturated rings. The van der Waals surface area contributed by atoms with Crippen molar-refractivity contribution in [3.8, 4) is 17.3 Å². The van der Waals surface area contributed by atoms with Gasteiger partial charge in [-0.25, -0.2) is 0 Å². The molecule has 0 radical (unpaired) electrons. The Labute approximate surface area is 175 Å². The summed E-state index contributed by atoms with van der Waals surface area (Å²) < 4.78 is 12.1. The van der Waals surface area contributed by atoms with Crippen LogP contribution in [0.1, 0.15) is 23.6 Å². The van der Waals surface area contributed by atoms with Crippen molar-refractivity contribution in [2.45, 2.75) is 27.3 Å². The van der Waals surface area contributed by atoms with Crippen LogP contribution < -0.4 is 20.3 Å². The summed E-state index contributed by atoms with van der Waals surface area (Å²) in [5, 5.41) is 7.01. The average Bonchev–Trinajstić information content (AvgIpc) is 2.75. The van der Waals surface area contributed by atoms with E-state index in [1.54, 1.807) is 0 Å². The molecule has 0 spiro atoms. The zero-order valence-electron chi connectivity index (χ0n) is 17.3. The maximum atomic E-state index is 12.2. The van der Waals surface area contributed by atoms with Gasteiger partial charge in [0, 0.05) is 18.7 Å². The fourth-order valence-corrected chi connectivity index (χ4v) is 2.78. The van der Waals surface area contributed by atoms with Crippen LogP contribution in [0.5, 0.6) is 11.6 Å². The van der Waals surface area contributed by atoms with Crippen molar-refractivity contribution in [1.82, 2.24) is 15.1 Å². The maximum absolute atomic E-state index is 12.2. The van der Waals surface area contributed by atoms with E-state index in [2.05, 4.69) is 10.4 Å². The monoisotopic (exact) mass is 407 g/mol. The Bertz CT molecular complexity index is 1070. The standard InChI is InChI=1S/C23H25N3O4/c1-4-29-20-9-6-18(7-10-20)14-24-21(27)15-30-22-11-12-23(28)26(25-22)19-8-5-16(2)17(3)13-19/h5-13H,4,14-15H2,1-3H3,(H,24,27). The second kappa shape index (κ2) is 9.73. The quantitative estimate of drug-likeness (QED) is 0.621. The molecular formula is C23H25N3O4. The summed E-state index contributed by atoms with van der Waals surface area (Å²) in [4.78, 5) is 24.3. The molecule has 0 saturated carbocycles. The van der Waals surface area contributed by atoms with Crippen LogP contribution >= 0.6 is 0 Å². The van der Waals surface area contributed by atoms with Crippen molar-refractivity contribution in [1.29, 1.82) is 0 Å². The van der Waals surface area contributed by atoms with Crippen molar-refractivity contribution in [2.75, 3.05) is 13.2 Å². The highest BCUT2D eigenvalue weighted by Gasteiger charge is 2.08. The average molecular weight is 407 g/mol. The Morgan fingerprint density at radius 2 is 1.77 bits per heavy atom. The number of nitrogens with one attached hydrogen (secondary N) is 1. The van der Waals surface area contributed by atoms with E-state index in [-0.39, 0.29) is 24.0 Å². The summed E-state index contributed by atoms with van der Waals surface area (Å²) in [6.45, 7) is 6.69. The molecule has 1 aromatic heterocycles. The zero-order valence-corrected chi connectivity index (χ0v) is 17.3. The lowest BCUT2D eigenvalue weighted by Crippen LogP contribution is -2.29. The predicted octanol–water partition coefficient (Wildman–Crippen LogP) is 2.94. The first-order valence-electron chi connectivity index (χ1n) is 9.75. The Morgan fingerprint density at radius 3 is 2.47 bits per heavy atom. The molecule has 0 saturated heterocycles. The van der Waals surface area contributed by atoms with Gasteiger partial charge < -0.3 is 14.8 Å². The van der Waals surface area contributed by atoms with Crippen LogP contribution in [0.25, 0.3) is 5.69 Å². The molecule has 156 valence electrons. The highest BCUT2D eigenvalue weighted by atomic mass is 16.5. The Balaban J connectivity index is 1.58. The first-order valence-corrected chi connectivity index (χ1v) is 9.75. The Morgan fingerprint density at radius 1 is 1.00 bits per heavy atom. The minimum atomic E-state index is -0.283. The Kier molecular flexibility index (Phi) is 6.85. The number of aryl methyl sites for hydroxylation is 2. The molecule has 0 atom stereocenters. The summed E-state index contributed by atoms with van der Waals surface area (Å²) in [6.07, 6.45) is 0. The molecule has 7 heteroatoms. The van der Waals surface area contributed by atoms with E-state index in [0.717, 1.165) is 22.4 Å². The van der Waals surface area contributed by atoms with Gasteiger partial charge in [-0.05, 0) is 61.7 Å². The van der Waals surface area contributed by atoms with Gasteiger partial charge in [-0.1, -0.05) is 18.2 Å². The van der Waals surface area contributed by atoms with E-state index >= 15 is 0 Å². The van der Waals surface area contributed by atoms with E-state index in [4.69, 9.17) is 9.47 Å². The lowest BCUT2D eigenvalue weighted by atomic mass is 10.1. The van der Waals surface area contributed by atoms with Crippen LogP contribution in [0, 0.1) is 13.8 Å². The first kappa shape index (κ1) is 21.1. The highest BCUT2D eigenvalue weighted by Crippen LogP contribution is 2.14. The molecule has 3 rings (SSSR count). The minimum absolute atomic E-state index is 0.198. The normalized spacial score (nSPS) is 10.5. The number of aromatic nitrogens is 2. The first-order chi connectivity index (χ1) is 14.5. The van der Waals surface area contributed by atoms with Crippen LogP contribution in [-0.4, -0.2) is 28.9 Å². The number of carbonyl (C=O) groups excluding carboxylic acids is 1. The SMILES string of the molecule is CCOc1ccc(CNC(=O)COc2ccc(=O)n(-c3ccc(C)c(C)c3)n2)cc1. The van der Waals surface area contributed by atoms with Gasteiger partial charge in [-0.15, -0.1) is 5.10 Å². The van der Waals surface area contributed by atoms with Crippen LogP contribution in [0.15, 0.2) is 59.4 Å². The van der Waals surface area contributed by atoms with Crippen molar-refractivity contribution in [3.63, 3.8) is 0 Å². The second-order valence-corrected chi connectivity index (χ2v) is 6.83. The van der Waals surface area contributed by atoms with E-state index in [9.17, 15) is 9.59 Å². The van der Waals surface area contributed by atoms with Crippen molar-refractivity contribution in [2.24, 2.45) is 0 Å². The molecular weight excluding hydrogens is 382 g/mol. The van der Waals surface area contributed by atoms with E-state index in [1.165, 1.54) is 16.8 Å². The van der Waals surface area contributed by atoms with Crippen molar-refractivity contribution < 1.29 is 14.3 Å². The van der Waals surface area contributed by atoms with Gasteiger partial charge in [0.1, 0.15) is 5.75 Å². The van der Waals surface area contributed by atoms with E-state index in [0.29, 0.717) is 18.8 Å². The van der Waals surface area contributed by atoms with E-state index in [1.807, 2.05) is 63.2 Å². The van der Waals surface area contributed by atoms with Gasteiger partial charge >= 0.3 is 0 Å². The molecule has 3 aromatic rings. The van der Waals surface area contributed by atoms with Gasteiger partial charge in [0.05, 0.1) is 12.3 Å². The molecule has 2 aromatic carbocycles. The molecule has 1 N–H and O–H groups in total. The third-order valence-electron chi connectivity index (χ3n) is 4.59. The van der Waals surface area contributed by atoms with Gasteiger partial charge in [-0.3, -0.25) is 9.59 Å². The summed E-state index contributed by atoms with van der Waals surface area (Å²) >= 11 is 0. The third-order valence-corrected chi connectivity index (χ3v) is 4.59. The van der Waals surface area contributed by atoms with Crippen LogP contribution in [0.3, 0.4) is 0 Å². The molecule has 0 aliphatic carbocycles. The molecule has 30 heavy (non-hydrogen) atoms. The van der Waals surface area contributed by atoms with Crippen LogP contribution in [0.2, 0.25) is 0 Å². The second-order valence-electron chi connectivity index (χ2n) is 6.83. The summed E-state index contributed by atoms with van der Waals surface area (Å²) in [7, 11) is 0. The van der Waals surface area contributed by atoms with Gasteiger partial charge in [-0.2, -0.15) is 4.68 Å².